The van der Waals surface area contributed by atoms with Crippen molar-refractivity contribution in [3.63, 3.8) is 0 Å². The van der Waals surface area contributed by atoms with E-state index < -0.39 is 16.1 Å². The Kier molecular flexibility index (Phi) is 7.33. The molecule has 0 saturated heterocycles. The molecule has 0 radical (unpaired) electrons. The van der Waals surface area contributed by atoms with Crippen molar-refractivity contribution in [3.8, 4) is 0 Å². The summed E-state index contributed by atoms with van der Waals surface area (Å²) in [4.78, 5) is 14.4. The van der Waals surface area contributed by atoms with Crippen LogP contribution < -0.4 is 10.1 Å². The first-order chi connectivity index (χ1) is 10.9. The predicted octanol–water partition coefficient (Wildman–Crippen LogP) is 2.65. The van der Waals surface area contributed by atoms with E-state index in [0.717, 1.165) is 12.8 Å². The molecule has 1 aromatic rings. The number of hydrazine groups is 1. The first-order valence-electron chi connectivity index (χ1n) is 7.16. The summed E-state index contributed by atoms with van der Waals surface area (Å²) < 4.78 is 26.2. The Hall–Kier alpha value is -2.29. The molecule has 126 valence electrons. The van der Waals surface area contributed by atoms with Crippen LogP contribution in [0.5, 0.6) is 0 Å². The number of hydrogen-bond donors (Lipinski definition) is 2. The summed E-state index contributed by atoms with van der Waals surface area (Å²) in [6, 6.07) is 4.41. The monoisotopic (exact) mass is 340 g/mol. The fourth-order valence-corrected chi connectivity index (χ4v) is 2.76. The fraction of sp³-hybridized carbons (Fsp3) is 0.462. The summed E-state index contributed by atoms with van der Waals surface area (Å²) in [7, 11) is -3.99. The number of azide groups is 1. The van der Waals surface area contributed by atoms with E-state index >= 15 is 0 Å². The van der Waals surface area contributed by atoms with E-state index in [-0.39, 0.29) is 10.6 Å². The molecule has 0 spiro atoms. The number of carbonyl (C=O) groups is 1. The molecule has 1 aromatic carbocycles. The lowest BCUT2D eigenvalue weighted by atomic mass is 10.3. The highest BCUT2D eigenvalue weighted by Gasteiger charge is 2.18. The Labute approximate surface area is 135 Å². The van der Waals surface area contributed by atoms with Gasteiger partial charge in [0.25, 0.3) is 10.0 Å². The summed E-state index contributed by atoms with van der Waals surface area (Å²) in [6.07, 6.45) is 1.65. The lowest BCUT2D eigenvalue weighted by Crippen LogP contribution is -2.49. The van der Waals surface area contributed by atoms with Crippen LogP contribution in [0.4, 0.5) is 10.5 Å². The number of amides is 2. The minimum absolute atomic E-state index is 0.0953. The van der Waals surface area contributed by atoms with Crippen molar-refractivity contribution in [1.29, 1.82) is 0 Å². The second-order valence-corrected chi connectivity index (χ2v) is 6.40. The first kappa shape index (κ1) is 18.8. The van der Waals surface area contributed by atoms with Crippen molar-refractivity contribution >= 4 is 21.7 Å². The molecular weight excluding hydrogens is 320 g/mol. The van der Waals surface area contributed by atoms with Crippen LogP contribution in [0, 0.1) is 0 Å². The van der Waals surface area contributed by atoms with Crippen molar-refractivity contribution in [2.75, 3.05) is 13.1 Å². The normalized spacial score (nSPS) is 10.9. The third-order valence-corrected chi connectivity index (χ3v) is 4.13. The van der Waals surface area contributed by atoms with E-state index in [0.29, 0.717) is 13.1 Å². The minimum atomic E-state index is -3.99. The van der Waals surface area contributed by atoms with Gasteiger partial charge in [0.15, 0.2) is 0 Å². The summed E-state index contributed by atoms with van der Waals surface area (Å²) in [5.74, 6) is 0. The highest BCUT2D eigenvalue weighted by atomic mass is 32.2. The van der Waals surface area contributed by atoms with Crippen LogP contribution >= 0.6 is 0 Å². The number of urea groups is 1. The van der Waals surface area contributed by atoms with Gasteiger partial charge in [-0.15, -0.1) is 0 Å². The van der Waals surface area contributed by atoms with Crippen LogP contribution in [0.2, 0.25) is 0 Å². The van der Waals surface area contributed by atoms with Crippen LogP contribution in [-0.4, -0.2) is 32.5 Å². The number of rotatable bonds is 8. The number of hydrogen-bond acceptors (Lipinski definition) is 5. The predicted molar refractivity (Wildman–Crippen MR) is 86.3 cm³/mol. The average molecular weight is 340 g/mol. The van der Waals surface area contributed by atoms with Gasteiger partial charge in [0.2, 0.25) is 0 Å². The summed E-state index contributed by atoms with van der Waals surface area (Å²) in [5.41, 5.74) is 11.1. The molecule has 0 aliphatic heterocycles. The Morgan fingerprint density at radius 2 is 1.78 bits per heavy atom. The third-order valence-electron chi connectivity index (χ3n) is 2.78. The van der Waals surface area contributed by atoms with Gasteiger partial charge in [-0.3, -0.25) is 5.43 Å². The van der Waals surface area contributed by atoms with Crippen molar-refractivity contribution in [2.45, 2.75) is 31.6 Å². The molecule has 0 aliphatic carbocycles. The fourth-order valence-electron chi connectivity index (χ4n) is 1.85. The lowest BCUT2D eigenvalue weighted by molar-refractivity contribution is 0.180. The maximum absolute atomic E-state index is 12.1. The van der Waals surface area contributed by atoms with Gasteiger partial charge in [0.1, 0.15) is 0 Å². The van der Waals surface area contributed by atoms with Gasteiger partial charge in [0, 0.05) is 23.7 Å². The van der Waals surface area contributed by atoms with Crippen LogP contribution in [0.15, 0.2) is 34.3 Å². The first-order valence-corrected chi connectivity index (χ1v) is 8.64. The molecule has 0 saturated carbocycles. The number of benzene rings is 1. The Morgan fingerprint density at radius 1 is 1.22 bits per heavy atom. The number of nitrogens with one attached hydrogen (secondary N) is 2. The second kappa shape index (κ2) is 8.99. The molecular formula is C13H20N6O3S. The van der Waals surface area contributed by atoms with E-state index in [1.165, 1.54) is 24.3 Å². The molecule has 0 bridgehead atoms. The quantitative estimate of drug-likeness (QED) is 0.326. The molecule has 2 N–H and O–H groups in total. The van der Waals surface area contributed by atoms with Crippen LogP contribution in [0.25, 0.3) is 10.4 Å². The topological polar surface area (TPSA) is 127 Å². The van der Waals surface area contributed by atoms with Crippen LogP contribution in [-0.2, 0) is 10.0 Å². The zero-order valence-corrected chi connectivity index (χ0v) is 13.9. The molecule has 2 amide bonds. The van der Waals surface area contributed by atoms with E-state index in [2.05, 4.69) is 15.5 Å². The van der Waals surface area contributed by atoms with E-state index in [9.17, 15) is 13.2 Å². The van der Waals surface area contributed by atoms with Gasteiger partial charge >= 0.3 is 6.03 Å². The highest BCUT2D eigenvalue weighted by Crippen LogP contribution is 2.16. The zero-order valence-electron chi connectivity index (χ0n) is 13.1. The molecule has 9 nitrogen and oxygen atoms in total. The van der Waals surface area contributed by atoms with Crippen molar-refractivity contribution in [2.24, 2.45) is 5.11 Å². The molecule has 0 atom stereocenters. The van der Waals surface area contributed by atoms with Gasteiger partial charge in [-0.25, -0.2) is 22.9 Å². The Morgan fingerprint density at radius 3 is 2.26 bits per heavy atom. The minimum Gasteiger partial charge on any atom is -0.270 e. The van der Waals surface area contributed by atoms with Crippen LogP contribution in [0.3, 0.4) is 0 Å². The van der Waals surface area contributed by atoms with Gasteiger partial charge in [0.05, 0.1) is 4.90 Å². The van der Waals surface area contributed by atoms with Crippen molar-refractivity contribution in [3.05, 3.63) is 34.7 Å². The molecule has 1 rings (SSSR count). The summed E-state index contributed by atoms with van der Waals surface area (Å²) in [6.45, 7) is 5.18. The molecule has 0 unspecified atom stereocenters. The van der Waals surface area contributed by atoms with Gasteiger partial charge in [-0.1, -0.05) is 31.1 Å². The largest absolute Gasteiger partial charge is 0.343 e. The van der Waals surface area contributed by atoms with E-state index in [1.807, 2.05) is 18.6 Å². The van der Waals surface area contributed by atoms with Gasteiger partial charge in [-0.2, -0.15) is 0 Å². The second-order valence-electron chi connectivity index (χ2n) is 4.72. The lowest BCUT2D eigenvalue weighted by Gasteiger charge is -2.21. The summed E-state index contributed by atoms with van der Waals surface area (Å²) >= 11 is 0. The molecule has 0 fully saturated rings. The van der Waals surface area contributed by atoms with E-state index in [1.54, 1.807) is 5.01 Å². The van der Waals surface area contributed by atoms with Gasteiger partial charge in [-0.05, 0) is 30.5 Å². The maximum Gasteiger partial charge on any atom is 0.343 e. The zero-order chi connectivity index (χ0) is 17.3. The molecule has 0 heterocycles. The number of sulfonamides is 1. The smallest absolute Gasteiger partial charge is 0.270 e. The average Bonchev–Trinajstić information content (AvgIpc) is 2.48. The third kappa shape index (κ3) is 6.15. The Bertz CT molecular complexity index is 661. The highest BCUT2D eigenvalue weighted by molar-refractivity contribution is 7.90. The number of nitrogens with zero attached hydrogens (tertiary/aromatic N) is 4. The summed E-state index contributed by atoms with van der Waals surface area (Å²) in [5, 5.41) is 5.01. The SMILES string of the molecule is CCCN(CCC)NC(=O)NS(=O)(=O)c1ccc(N=[N+]=[N-])cc1. The molecule has 10 heteroatoms. The molecule has 0 aliphatic rings. The van der Waals surface area contributed by atoms with Crippen molar-refractivity contribution < 1.29 is 13.2 Å². The molecule has 23 heavy (non-hydrogen) atoms. The van der Waals surface area contributed by atoms with Gasteiger partial charge < -0.3 is 0 Å². The standard InChI is InChI=1S/C13H20N6O3S/c1-3-9-19(10-4-2)16-13(20)17-23(21,22)12-7-5-11(6-8-12)15-18-14/h5-8H,3-4,9-10H2,1-2H3,(H2,16,17,20). The maximum atomic E-state index is 12.1. The molecule has 0 aromatic heterocycles. The van der Waals surface area contributed by atoms with Crippen LogP contribution in [0.1, 0.15) is 26.7 Å². The van der Waals surface area contributed by atoms with E-state index in [4.69, 9.17) is 5.53 Å². The Balaban J connectivity index is 2.76. The van der Waals surface area contributed by atoms with Crippen molar-refractivity contribution in [1.82, 2.24) is 15.2 Å². The number of carbonyl (C=O) groups excluding carboxylic acids is 1.